The van der Waals surface area contributed by atoms with Gasteiger partial charge < -0.3 is 10.6 Å². The molecule has 0 radical (unpaired) electrons. The van der Waals surface area contributed by atoms with Crippen LogP contribution in [0.5, 0.6) is 0 Å². The third-order valence-corrected chi connectivity index (χ3v) is 4.08. The predicted molar refractivity (Wildman–Crippen MR) is 110 cm³/mol. The van der Waals surface area contributed by atoms with E-state index in [0.29, 0.717) is 6.54 Å². The number of anilines is 1. The first kappa shape index (κ1) is 19.1. The number of benzene rings is 2. The molecule has 0 aliphatic rings. The van der Waals surface area contributed by atoms with Gasteiger partial charge in [0, 0.05) is 37.6 Å². The van der Waals surface area contributed by atoms with Crippen LogP contribution in [0.4, 0.5) is 5.69 Å². The molecule has 3 rings (SSSR count). The average Bonchev–Trinajstić information content (AvgIpc) is 3.22. The van der Waals surface area contributed by atoms with E-state index in [0.717, 1.165) is 28.9 Å². The summed E-state index contributed by atoms with van der Waals surface area (Å²) >= 11 is 0. The third kappa shape index (κ3) is 5.67. The lowest BCUT2D eigenvalue weighted by Gasteiger charge is -2.05. The van der Waals surface area contributed by atoms with Gasteiger partial charge in [-0.15, -0.1) is 0 Å². The summed E-state index contributed by atoms with van der Waals surface area (Å²) in [6.07, 6.45) is 7.65. The zero-order valence-corrected chi connectivity index (χ0v) is 15.6. The summed E-state index contributed by atoms with van der Waals surface area (Å²) in [5, 5.41) is 9.78. The molecule has 0 atom stereocenters. The number of amides is 2. The van der Waals surface area contributed by atoms with Crippen LogP contribution in [0.3, 0.4) is 0 Å². The fourth-order valence-corrected chi connectivity index (χ4v) is 2.68. The number of aromatic nitrogens is 2. The van der Waals surface area contributed by atoms with E-state index < -0.39 is 0 Å². The van der Waals surface area contributed by atoms with Crippen molar-refractivity contribution in [2.45, 2.75) is 13.3 Å². The van der Waals surface area contributed by atoms with Gasteiger partial charge in [-0.25, -0.2) is 4.68 Å². The highest BCUT2D eigenvalue weighted by atomic mass is 16.2. The van der Waals surface area contributed by atoms with Crippen molar-refractivity contribution in [3.63, 3.8) is 0 Å². The van der Waals surface area contributed by atoms with Crippen LogP contribution in [0.15, 0.2) is 73.1 Å². The molecule has 2 N–H and O–H groups in total. The zero-order chi connectivity index (χ0) is 19.8. The van der Waals surface area contributed by atoms with Gasteiger partial charge in [-0.3, -0.25) is 9.59 Å². The van der Waals surface area contributed by atoms with E-state index in [1.54, 1.807) is 29.1 Å². The standard InChI is InChI=1S/C22H22N4O2/c1-17(27)25-20-8-3-18(4-9-20)7-12-22(28)23-15-13-19-5-10-21(11-6-19)26-16-2-14-24-26/h2-12,14,16H,13,15H2,1H3,(H,23,28)(H,25,27)/b12-7+. The van der Waals surface area contributed by atoms with Crippen molar-refractivity contribution in [3.05, 3.63) is 84.2 Å². The van der Waals surface area contributed by atoms with Crippen LogP contribution in [-0.4, -0.2) is 28.1 Å². The van der Waals surface area contributed by atoms with Crippen LogP contribution < -0.4 is 10.6 Å². The van der Waals surface area contributed by atoms with Crippen molar-refractivity contribution in [2.24, 2.45) is 0 Å². The highest BCUT2D eigenvalue weighted by Gasteiger charge is 2.00. The van der Waals surface area contributed by atoms with Crippen molar-refractivity contribution in [1.29, 1.82) is 0 Å². The molecule has 0 saturated heterocycles. The Hall–Kier alpha value is -3.67. The monoisotopic (exact) mass is 374 g/mol. The largest absolute Gasteiger partial charge is 0.352 e. The van der Waals surface area contributed by atoms with E-state index in [-0.39, 0.29) is 11.8 Å². The summed E-state index contributed by atoms with van der Waals surface area (Å²) in [5.41, 5.74) is 3.77. The second-order valence-electron chi connectivity index (χ2n) is 6.29. The molecule has 142 valence electrons. The average molecular weight is 374 g/mol. The number of hydrogen-bond donors (Lipinski definition) is 2. The molecule has 0 aliphatic heterocycles. The first-order valence-electron chi connectivity index (χ1n) is 9.03. The minimum Gasteiger partial charge on any atom is -0.352 e. The minimum absolute atomic E-state index is 0.112. The Morgan fingerprint density at radius 2 is 1.82 bits per heavy atom. The van der Waals surface area contributed by atoms with E-state index in [9.17, 15) is 9.59 Å². The maximum atomic E-state index is 12.0. The molecule has 0 saturated carbocycles. The second kappa shape index (κ2) is 9.32. The smallest absolute Gasteiger partial charge is 0.244 e. The quantitative estimate of drug-likeness (QED) is 0.624. The normalized spacial score (nSPS) is 10.8. The number of carbonyl (C=O) groups excluding carboxylic acids is 2. The molecule has 2 amide bonds. The fourth-order valence-electron chi connectivity index (χ4n) is 2.68. The zero-order valence-electron chi connectivity index (χ0n) is 15.6. The van der Waals surface area contributed by atoms with Gasteiger partial charge in [-0.2, -0.15) is 5.10 Å². The fraction of sp³-hybridized carbons (Fsp3) is 0.136. The maximum absolute atomic E-state index is 12.0. The van der Waals surface area contributed by atoms with E-state index in [2.05, 4.69) is 15.7 Å². The van der Waals surface area contributed by atoms with E-state index in [4.69, 9.17) is 0 Å². The summed E-state index contributed by atoms with van der Waals surface area (Å²) in [7, 11) is 0. The minimum atomic E-state index is -0.140. The molecule has 0 fully saturated rings. The van der Waals surface area contributed by atoms with Gasteiger partial charge in [0.05, 0.1) is 5.69 Å². The molecule has 0 spiro atoms. The van der Waals surface area contributed by atoms with Gasteiger partial charge in [-0.1, -0.05) is 24.3 Å². The van der Waals surface area contributed by atoms with Gasteiger partial charge in [0.15, 0.2) is 0 Å². The van der Waals surface area contributed by atoms with Gasteiger partial charge in [-0.05, 0) is 54.0 Å². The molecule has 0 aliphatic carbocycles. The highest BCUT2D eigenvalue weighted by Crippen LogP contribution is 2.11. The van der Waals surface area contributed by atoms with Crippen LogP contribution in [0.2, 0.25) is 0 Å². The number of rotatable bonds is 7. The number of carbonyl (C=O) groups is 2. The van der Waals surface area contributed by atoms with Gasteiger partial charge in [0.1, 0.15) is 0 Å². The van der Waals surface area contributed by atoms with Crippen molar-refractivity contribution in [1.82, 2.24) is 15.1 Å². The summed E-state index contributed by atoms with van der Waals surface area (Å²) in [5.74, 6) is -0.252. The Balaban J connectivity index is 1.44. The molecule has 2 aromatic carbocycles. The maximum Gasteiger partial charge on any atom is 0.244 e. The summed E-state index contributed by atoms with van der Waals surface area (Å²) in [4.78, 5) is 23.0. The Bertz CT molecular complexity index is 943. The lowest BCUT2D eigenvalue weighted by atomic mass is 10.1. The predicted octanol–water partition coefficient (Wildman–Crippen LogP) is 3.20. The van der Waals surface area contributed by atoms with Crippen molar-refractivity contribution < 1.29 is 9.59 Å². The SMILES string of the molecule is CC(=O)Nc1ccc(/C=C/C(=O)NCCc2ccc(-n3cccn3)cc2)cc1. The second-order valence-corrected chi connectivity index (χ2v) is 6.29. The molecule has 6 nitrogen and oxygen atoms in total. The summed E-state index contributed by atoms with van der Waals surface area (Å²) < 4.78 is 1.80. The lowest BCUT2D eigenvalue weighted by Crippen LogP contribution is -2.23. The molecule has 0 bridgehead atoms. The van der Waals surface area contributed by atoms with Crippen LogP contribution >= 0.6 is 0 Å². The van der Waals surface area contributed by atoms with E-state index in [1.165, 1.54) is 13.0 Å². The lowest BCUT2D eigenvalue weighted by molar-refractivity contribution is -0.116. The molecular weight excluding hydrogens is 352 g/mol. The Morgan fingerprint density at radius 3 is 2.46 bits per heavy atom. The first-order valence-corrected chi connectivity index (χ1v) is 9.03. The molecule has 3 aromatic rings. The van der Waals surface area contributed by atoms with Crippen molar-refractivity contribution >= 4 is 23.6 Å². The number of nitrogens with zero attached hydrogens (tertiary/aromatic N) is 2. The number of nitrogens with one attached hydrogen (secondary N) is 2. The molecule has 28 heavy (non-hydrogen) atoms. The summed E-state index contributed by atoms with van der Waals surface area (Å²) in [6.45, 7) is 2.03. The Kier molecular flexibility index (Phi) is 6.36. The van der Waals surface area contributed by atoms with Crippen molar-refractivity contribution in [3.8, 4) is 5.69 Å². The topological polar surface area (TPSA) is 76.0 Å². The number of hydrogen-bond acceptors (Lipinski definition) is 3. The van der Waals surface area contributed by atoms with Crippen LogP contribution in [0.1, 0.15) is 18.1 Å². The molecule has 0 unspecified atom stereocenters. The summed E-state index contributed by atoms with van der Waals surface area (Å²) in [6, 6.07) is 17.3. The van der Waals surface area contributed by atoms with Crippen LogP contribution in [0, 0.1) is 0 Å². The first-order chi connectivity index (χ1) is 13.6. The molecule has 1 heterocycles. The third-order valence-electron chi connectivity index (χ3n) is 4.08. The molecular formula is C22H22N4O2. The van der Waals surface area contributed by atoms with Gasteiger partial charge in [0.2, 0.25) is 11.8 Å². The van der Waals surface area contributed by atoms with Crippen molar-refractivity contribution in [2.75, 3.05) is 11.9 Å². The Morgan fingerprint density at radius 1 is 1.07 bits per heavy atom. The van der Waals surface area contributed by atoms with Crippen LogP contribution in [0.25, 0.3) is 11.8 Å². The van der Waals surface area contributed by atoms with E-state index in [1.807, 2.05) is 48.7 Å². The van der Waals surface area contributed by atoms with Gasteiger partial charge in [0.25, 0.3) is 0 Å². The Labute approximate surface area is 163 Å². The molecule has 6 heteroatoms. The van der Waals surface area contributed by atoms with E-state index >= 15 is 0 Å². The molecule has 1 aromatic heterocycles. The highest BCUT2D eigenvalue weighted by molar-refractivity contribution is 5.92. The van der Waals surface area contributed by atoms with Gasteiger partial charge >= 0.3 is 0 Å². The van der Waals surface area contributed by atoms with Crippen LogP contribution in [-0.2, 0) is 16.0 Å².